The highest BCUT2D eigenvalue weighted by Gasteiger charge is 2.40. The summed E-state index contributed by atoms with van der Waals surface area (Å²) in [6.45, 7) is 2.98. The van der Waals surface area contributed by atoms with Crippen molar-refractivity contribution < 1.29 is 14.3 Å². The van der Waals surface area contributed by atoms with Crippen LogP contribution in [0.1, 0.15) is 24.0 Å². The number of ether oxygens (including phenoxy) is 1. The molecule has 2 fully saturated rings. The fourth-order valence-corrected chi connectivity index (χ4v) is 3.90. The third kappa shape index (κ3) is 2.63. The number of aryl methyl sites for hydroxylation is 2. The van der Waals surface area contributed by atoms with Gasteiger partial charge in [0.2, 0.25) is 11.8 Å². The van der Waals surface area contributed by atoms with Gasteiger partial charge in [-0.3, -0.25) is 9.59 Å². The van der Waals surface area contributed by atoms with Crippen LogP contribution in [0.15, 0.2) is 18.2 Å². The average Bonchev–Trinajstić information content (AvgIpc) is 3.20. The van der Waals surface area contributed by atoms with E-state index in [-0.39, 0.29) is 11.8 Å². The van der Waals surface area contributed by atoms with Crippen LogP contribution < -0.4 is 4.90 Å². The van der Waals surface area contributed by atoms with E-state index >= 15 is 0 Å². The molecule has 0 bridgehead atoms. The average molecular weight is 314 g/mol. The van der Waals surface area contributed by atoms with Gasteiger partial charge in [0.05, 0.1) is 13.2 Å². The van der Waals surface area contributed by atoms with Crippen molar-refractivity contribution in [2.24, 2.45) is 5.92 Å². The van der Waals surface area contributed by atoms with Gasteiger partial charge < -0.3 is 14.5 Å². The molecule has 2 saturated heterocycles. The number of anilines is 1. The second-order valence-corrected chi connectivity index (χ2v) is 6.58. The summed E-state index contributed by atoms with van der Waals surface area (Å²) >= 11 is 0. The van der Waals surface area contributed by atoms with E-state index in [0.29, 0.717) is 39.3 Å². The minimum atomic E-state index is -0.513. The number of rotatable bonds is 2. The molecule has 2 amide bonds. The van der Waals surface area contributed by atoms with Crippen molar-refractivity contribution in [1.82, 2.24) is 4.90 Å². The predicted molar refractivity (Wildman–Crippen MR) is 86.3 cm³/mol. The number of fused-ring (bicyclic) bond motifs is 1. The maximum atomic E-state index is 12.7. The molecule has 0 radical (unpaired) electrons. The first-order valence-corrected chi connectivity index (χ1v) is 8.54. The summed E-state index contributed by atoms with van der Waals surface area (Å²) in [7, 11) is 0. The Bertz CT molecular complexity index is 637. The number of nitrogens with zero attached hydrogens (tertiary/aromatic N) is 2. The molecule has 2 heterocycles. The van der Waals surface area contributed by atoms with E-state index in [1.165, 1.54) is 17.5 Å². The van der Waals surface area contributed by atoms with Gasteiger partial charge in [0, 0.05) is 25.3 Å². The molecule has 3 aliphatic rings. The van der Waals surface area contributed by atoms with Crippen molar-refractivity contribution in [3.8, 4) is 0 Å². The maximum absolute atomic E-state index is 12.7. The van der Waals surface area contributed by atoms with E-state index in [1.54, 1.807) is 9.80 Å². The SMILES string of the molecule is O=C(C1CCN(c2ccc3c(c2)CCC3)C1=O)N1CCOCC1. The maximum Gasteiger partial charge on any atom is 0.239 e. The summed E-state index contributed by atoms with van der Waals surface area (Å²) in [5.74, 6) is -0.581. The lowest BCUT2D eigenvalue weighted by molar-refractivity contribution is -0.143. The molecule has 1 aromatic carbocycles. The molecule has 0 spiro atoms. The van der Waals surface area contributed by atoms with Crippen molar-refractivity contribution >= 4 is 17.5 Å². The first kappa shape index (κ1) is 14.7. The summed E-state index contributed by atoms with van der Waals surface area (Å²) in [4.78, 5) is 28.9. The highest BCUT2D eigenvalue weighted by molar-refractivity contribution is 6.09. The highest BCUT2D eigenvalue weighted by Crippen LogP contribution is 2.31. The molecule has 0 N–H and O–H groups in total. The number of hydrogen-bond acceptors (Lipinski definition) is 3. The Hall–Kier alpha value is -1.88. The molecule has 4 rings (SSSR count). The largest absolute Gasteiger partial charge is 0.378 e. The number of carbonyl (C=O) groups excluding carboxylic acids is 2. The van der Waals surface area contributed by atoms with Gasteiger partial charge in [0.1, 0.15) is 5.92 Å². The van der Waals surface area contributed by atoms with Crippen molar-refractivity contribution in [3.05, 3.63) is 29.3 Å². The van der Waals surface area contributed by atoms with Crippen molar-refractivity contribution in [2.45, 2.75) is 25.7 Å². The lowest BCUT2D eigenvalue weighted by Gasteiger charge is -2.28. The normalized spacial score (nSPS) is 24.2. The van der Waals surface area contributed by atoms with E-state index in [4.69, 9.17) is 4.74 Å². The third-order valence-electron chi connectivity index (χ3n) is 5.22. The van der Waals surface area contributed by atoms with Gasteiger partial charge >= 0.3 is 0 Å². The quantitative estimate of drug-likeness (QED) is 0.775. The molecule has 5 heteroatoms. The van der Waals surface area contributed by atoms with Crippen molar-refractivity contribution in [3.63, 3.8) is 0 Å². The van der Waals surface area contributed by atoms with Gasteiger partial charge in [-0.1, -0.05) is 6.07 Å². The first-order valence-electron chi connectivity index (χ1n) is 8.54. The van der Waals surface area contributed by atoms with Gasteiger partial charge in [-0.2, -0.15) is 0 Å². The number of carbonyl (C=O) groups is 2. The van der Waals surface area contributed by atoms with Crippen LogP contribution in [0.3, 0.4) is 0 Å². The Balaban J connectivity index is 1.50. The highest BCUT2D eigenvalue weighted by atomic mass is 16.5. The van der Waals surface area contributed by atoms with Crippen LogP contribution in [0, 0.1) is 5.92 Å². The van der Waals surface area contributed by atoms with E-state index in [0.717, 1.165) is 18.5 Å². The van der Waals surface area contributed by atoms with Crippen molar-refractivity contribution in [1.29, 1.82) is 0 Å². The van der Waals surface area contributed by atoms with Gasteiger partial charge in [-0.15, -0.1) is 0 Å². The fourth-order valence-electron chi connectivity index (χ4n) is 3.90. The number of benzene rings is 1. The molecule has 1 atom stereocenters. The molecule has 1 aliphatic carbocycles. The summed E-state index contributed by atoms with van der Waals surface area (Å²) in [5.41, 5.74) is 3.72. The summed E-state index contributed by atoms with van der Waals surface area (Å²) in [6.07, 6.45) is 4.06. The Kier molecular flexibility index (Phi) is 3.81. The molecular weight excluding hydrogens is 292 g/mol. The van der Waals surface area contributed by atoms with Gasteiger partial charge in [-0.25, -0.2) is 0 Å². The van der Waals surface area contributed by atoms with E-state index in [2.05, 4.69) is 12.1 Å². The molecular formula is C18H22N2O3. The molecule has 1 aromatic rings. The minimum Gasteiger partial charge on any atom is -0.378 e. The molecule has 2 aliphatic heterocycles. The van der Waals surface area contributed by atoms with Crippen LogP contribution in [0.4, 0.5) is 5.69 Å². The van der Waals surface area contributed by atoms with Crippen LogP contribution in [0.25, 0.3) is 0 Å². The molecule has 5 nitrogen and oxygen atoms in total. The zero-order valence-electron chi connectivity index (χ0n) is 13.3. The van der Waals surface area contributed by atoms with Gasteiger partial charge in [0.15, 0.2) is 0 Å². The topological polar surface area (TPSA) is 49.9 Å². The molecule has 0 saturated carbocycles. The Morgan fingerprint density at radius 3 is 2.70 bits per heavy atom. The number of morpholine rings is 1. The standard InChI is InChI=1S/C18H22N2O3/c21-17(19-8-10-23-11-9-19)16-6-7-20(18(16)22)15-5-4-13-2-1-3-14(13)12-15/h4-5,12,16H,1-3,6-11H2. The van der Waals surface area contributed by atoms with Gasteiger partial charge in [-0.05, 0) is 48.9 Å². The fraction of sp³-hybridized carbons (Fsp3) is 0.556. The molecule has 23 heavy (non-hydrogen) atoms. The van der Waals surface area contributed by atoms with E-state index < -0.39 is 5.92 Å². The smallest absolute Gasteiger partial charge is 0.239 e. The van der Waals surface area contributed by atoms with Crippen LogP contribution in [-0.2, 0) is 27.2 Å². The number of hydrogen-bond donors (Lipinski definition) is 0. The van der Waals surface area contributed by atoms with Crippen molar-refractivity contribution in [2.75, 3.05) is 37.7 Å². The van der Waals surface area contributed by atoms with E-state index in [1.807, 2.05) is 6.07 Å². The Labute approximate surface area is 136 Å². The second kappa shape index (κ2) is 5.96. The van der Waals surface area contributed by atoms with Crippen LogP contribution in [-0.4, -0.2) is 49.6 Å². The zero-order valence-corrected chi connectivity index (χ0v) is 13.3. The molecule has 1 unspecified atom stereocenters. The molecule has 0 aromatic heterocycles. The number of amides is 2. The minimum absolute atomic E-state index is 0.0260. The first-order chi connectivity index (χ1) is 11.2. The summed E-state index contributed by atoms with van der Waals surface area (Å²) < 4.78 is 5.28. The summed E-state index contributed by atoms with van der Waals surface area (Å²) in [6, 6.07) is 6.31. The van der Waals surface area contributed by atoms with E-state index in [9.17, 15) is 9.59 Å². The van der Waals surface area contributed by atoms with Crippen LogP contribution in [0.5, 0.6) is 0 Å². The molecule has 122 valence electrons. The lowest BCUT2D eigenvalue weighted by atomic mass is 10.1. The predicted octanol–water partition coefficient (Wildman–Crippen LogP) is 1.39. The lowest BCUT2D eigenvalue weighted by Crippen LogP contribution is -2.45. The monoisotopic (exact) mass is 314 g/mol. The Morgan fingerprint density at radius 2 is 1.87 bits per heavy atom. The summed E-state index contributed by atoms with van der Waals surface area (Å²) in [5, 5.41) is 0. The van der Waals surface area contributed by atoms with Gasteiger partial charge in [0.25, 0.3) is 0 Å². The van der Waals surface area contributed by atoms with Crippen LogP contribution >= 0.6 is 0 Å². The zero-order chi connectivity index (χ0) is 15.8. The third-order valence-corrected chi connectivity index (χ3v) is 5.22. The second-order valence-electron chi connectivity index (χ2n) is 6.58. The Morgan fingerprint density at radius 1 is 1.09 bits per heavy atom. The van der Waals surface area contributed by atoms with Crippen LogP contribution in [0.2, 0.25) is 0 Å².